The lowest BCUT2D eigenvalue weighted by atomic mass is 9.96. The number of hydrogen-bond donors (Lipinski definition) is 0. The first-order valence-electron chi connectivity index (χ1n) is 14.2. The molecule has 1 saturated heterocycles. The summed E-state index contributed by atoms with van der Waals surface area (Å²) in [6.45, 7) is 0.538. The number of thioether (sulfide) groups is 1. The van der Waals surface area contributed by atoms with Crippen molar-refractivity contribution in [3.8, 4) is 11.5 Å². The number of ether oxygens (including phenoxy) is 2. The first-order chi connectivity index (χ1) is 21.1. The van der Waals surface area contributed by atoms with E-state index in [1.807, 2.05) is 72.8 Å². The molecule has 3 aliphatic rings. The molecule has 1 fully saturated rings. The van der Waals surface area contributed by atoms with Crippen LogP contribution in [0.4, 0.5) is 0 Å². The van der Waals surface area contributed by atoms with Crippen LogP contribution < -0.4 is 9.47 Å². The number of fused-ring (bicyclic) bond motifs is 3. The van der Waals surface area contributed by atoms with Crippen LogP contribution in [0.5, 0.6) is 11.5 Å². The van der Waals surface area contributed by atoms with Gasteiger partial charge in [0.2, 0.25) is 6.23 Å². The van der Waals surface area contributed by atoms with E-state index in [0.29, 0.717) is 15.8 Å². The van der Waals surface area contributed by atoms with Crippen molar-refractivity contribution in [1.82, 2.24) is 9.91 Å². The molecule has 2 atom stereocenters. The molecule has 3 aliphatic heterocycles. The summed E-state index contributed by atoms with van der Waals surface area (Å²) in [6, 6.07) is 34.7. The number of carbonyl (C=O) groups is 1. The topological polar surface area (TPSA) is 54.4 Å². The Hall–Kier alpha value is -4.40. The van der Waals surface area contributed by atoms with Crippen LogP contribution in [0.3, 0.4) is 0 Å². The fraction of sp³-hybridized carbons (Fsp3) is 0.171. The first kappa shape index (κ1) is 27.4. The summed E-state index contributed by atoms with van der Waals surface area (Å²) < 4.78 is 12.3. The third kappa shape index (κ3) is 5.44. The smallest absolute Gasteiger partial charge is 0.266 e. The van der Waals surface area contributed by atoms with Crippen molar-refractivity contribution in [3.63, 3.8) is 0 Å². The highest BCUT2D eigenvalue weighted by atomic mass is 32.2. The van der Waals surface area contributed by atoms with Gasteiger partial charge >= 0.3 is 0 Å². The summed E-state index contributed by atoms with van der Waals surface area (Å²) in [5.74, 6) is 1.65. The summed E-state index contributed by atoms with van der Waals surface area (Å²) in [4.78, 5) is 15.6. The van der Waals surface area contributed by atoms with Crippen LogP contribution in [-0.4, -0.2) is 39.5 Å². The monoisotopic (exact) mass is 603 g/mol. The molecule has 7 rings (SSSR count). The van der Waals surface area contributed by atoms with E-state index in [1.54, 1.807) is 12.0 Å². The van der Waals surface area contributed by atoms with Crippen LogP contribution in [0.15, 0.2) is 113 Å². The fourth-order valence-corrected chi connectivity index (χ4v) is 7.00. The third-order valence-electron chi connectivity index (χ3n) is 7.98. The van der Waals surface area contributed by atoms with Gasteiger partial charge in [-0.15, -0.1) is 0 Å². The Labute approximate surface area is 260 Å². The average molecular weight is 604 g/mol. The molecule has 2 unspecified atom stereocenters. The number of methoxy groups -OCH3 is 1. The Morgan fingerprint density at radius 1 is 0.977 bits per heavy atom. The number of hydrogen-bond acceptors (Lipinski definition) is 7. The van der Waals surface area contributed by atoms with Gasteiger partial charge in [-0.1, -0.05) is 109 Å². The van der Waals surface area contributed by atoms with Crippen molar-refractivity contribution in [2.24, 2.45) is 5.10 Å². The zero-order valence-corrected chi connectivity index (χ0v) is 25.2. The van der Waals surface area contributed by atoms with Crippen molar-refractivity contribution in [2.45, 2.75) is 25.1 Å². The van der Waals surface area contributed by atoms with E-state index in [1.165, 1.54) is 11.8 Å². The summed E-state index contributed by atoms with van der Waals surface area (Å²) in [5.41, 5.74) is 6.40. The van der Waals surface area contributed by atoms with Crippen molar-refractivity contribution in [3.05, 3.63) is 136 Å². The SMILES string of the molecule is COc1ccc(CCN2C(=O)/C(=C/c3ccc(C4Oc5ccccc5C5CC(c6ccccc6)=NN54)cc3)SC2=S)cc1. The Morgan fingerprint density at radius 3 is 2.49 bits per heavy atom. The first-order valence-corrected chi connectivity index (χ1v) is 15.4. The second-order valence-electron chi connectivity index (χ2n) is 10.6. The lowest BCUT2D eigenvalue weighted by Gasteiger charge is -2.38. The van der Waals surface area contributed by atoms with Crippen LogP contribution in [0.25, 0.3) is 6.08 Å². The molecule has 0 saturated carbocycles. The number of carbonyl (C=O) groups excluding carboxylic acids is 1. The Bertz CT molecular complexity index is 1740. The van der Waals surface area contributed by atoms with Gasteiger partial charge in [0.25, 0.3) is 5.91 Å². The summed E-state index contributed by atoms with van der Waals surface area (Å²) >= 11 is 6.92. The number of amides is 1. The van der Waals surface area contributed by atoms with E-state index in [2.05, 4.69) is 41.4 Å². The molecule has 0 bridgehead atoms. The van der Waals surface area contributed by atoms with E-state index in [4.69, 9.17) is 26.8 Å². The van der Waals surface area contributed by atoms with E-state index < -0.39 is 0 Å². The molecular weight excluding hydrogens is 575 g/mol. The van der Waals surface area contributed by atoms with Gasteiger partial charge in [0.05, 0.1) is 23.8 Å². The molecule has 43 heavy (non-hydrogen) atoms. The molecule has 214 valence electrons. The molecule has 0 aliphatic carbocycles. The second-order valence-corrected chi connectivity index (χ2v) is 12.3. The minimum absolute atomic E-state index is 0.0532. The van der Waals surface area contributed by atoms with Crippen molar-refractivity contribution < 1.29 is 14.3 Å². The molecule has 0 spiro atoms. The molecular formula is C35H29N3O3S2. The van der Waals surface area contributed by atoms with Gasteiger partial charge in [0.15, 0.2) is 0 Å². The predicted octanol–water partition coefficient (Wildman–Crippen LogP) is 7.38. The average Bonchev–Trinajstić information content (AvgIpc) is 3.62. The maximum Gasteiger partial charge on any atom is 0.266 e. The van der Waals surface area contributed by atoms with Crippen LogP contribution in [0.1, 0.15) is 46.5 Å². The Kier molecular flexibility index (Phi) is 7.47. The van der Waals surface area contributed by atoms with E-state index >= 15 is 0 Å². The summed E-state index contributed by atoms with van der Waals surface area (Å²) in [6.07, 6.45) is 3.10. The lowest BCUT2D eigenvalue weighted by Crippen LogP contribution is -2.33. The highest BCUT2D eigenvalue weighted by Gasteiger charge is 2.40. The summed E-state index contributed by atoms with van der Waals surface area (Å²) in [5, 5.41) is 7.15. The Morgan fingerprint density at radius 2 is 1.72 bits per heavy atom. The van der Waals surface area contributed by atoms with E-state index in [9.17, 15) is 4.79 Å². The van der Waals surface area contributed by atoms with Gasteiger partial charge in [-0.05, 0) is 47.4 Å². The molecule has 1 amide bonds. The number of benzene rings is 4. The zero-order valence-electron chi connectivity index (χ0n) is 23.6. The molecule has 4 aromatic carbocycles. The van der Waals surface area contributed by atoms with Crippen LogP contribution in [0.2, 0.25) is 0 Å². The largest absolute Gasteiger partial charge is 0.497 e. The molecule has 0 aromatic heterocycles. The van der Waals surface area contributed by atoms with E-state index in [-0.39, 0.29) is 18.2 Å². The molecule has 8 heteroatoms. The quantitative estimate of drug-likeness (QED) is 0.162. The highest BCUT2D eigenvalue weighted by Crippen LogP contribution is 2.47. The predicted molar refractivity (Wildman–Crippen MR) is 175 cm³/mol. The molecule has 3 heterocycles. The highest BCUT2D eigenvalue weighted by molar-refractivity contribution is 8.26. The molecule has 0 N–H and O–H groups in total. The third-order valence-corrected chi connectivity index (χ3v) is 9.36. The number of nitrogens with zero attached hydrogens (tertiary/aromatic N) is 3. The van der Waals surface area contributed by atoms with Gasteiger partial charge in [-0.2, -0.15) is 5.10 Å². The fourth-order valence-electron chi connectivity index (χ4n) is 5.69. The number of para-hydroxylation sites is 1. The second kappa shape index (κ2) is 11.7. The molecule has 4 aromatic rings. The minimum Gasteiger partial charge on any atom is -0.497 e. The Balaban J connectivity index is 1.09. The number of hydrazone groups is 1. The number of thiocarbonyl (C=S) groups is 1. The van der Waals surface area contributed by atoms with Gasteiger partial charge in [-0.25, -0.2) is 5.01 Å². The maximum absolute atomic E-state index is 13.2. The van der Waals surface area contributed by atoms with Crippen molar-refractivity contribution in [1.29, 1.82) is 0 Å². The lowest BCUT2D eigenvalue weighted by molar-refractivity contribution is -0.122. The minimum atomic E-state index is -0.355. The van der Waals surface area contributed by atoms with Gasteiger partial charge in [-0.3, -0.25) is 9.69 Å². The maximum atomic E-state index is 13.2. The summed E-state index contributed by atoms with van der Waals surface area (Å²) in [7, 11) is 1.65. The van der Waals surface area contributed by atoms with E-state index in [0.717, 1.165) is 57.9 Å². The van der Waals surface area contributed by atoms with Crippen molar-refractivity contribution >= 4 is 46.0 Å². The zero-order chi connectivity index (χ0) is 29.3. The standard InChI is InChI=1S/C35H29N3O3S2/c1-40-27-17-13-23(14-18-27)19-20-37-33(39)32(43-35(37)42)21-24-11-15-26(16-12-24)34-38-30(28-9-5-6-10-31(28)41-34)22-29(36-38)25-7-3-2-4-8-25/h2-18,21,30,34H,19-20,22H2,1H3/b32-21-. The van der Waals surface area contributed by atoms with Gasteiger partial charge < -0.3 is 9.47 Å². The van der Waals surface area contributed by atoms with Gasteiger partial charge in [0.1, 0.15) is 15.8 Å². The van der Waals surface area contributed by atoms with Crippen molar-refractivity contribution in [2.75, 3.05) is 13.7 Å². The van der Waals surface area contributed by atoms with Crippen LogP contribution in [0, 0.1) is 0 Å². The van der Waals surface area contributed by atoms with Gasteiger partial charge in [0, 0.05) is 24.1 Å². The molecule has 0 radical (unpaired) electrons. The van der Waals surface area contributed by atoms with Crippen LogP contribution in [-0.2, 0) is 11.2 Å². The van der Waals surface area contributed by atoms with Crippen LogP contribution >= 0.6 is 24.0 Å². The number of rotatable bonds is 7. The normalized spacial score (nSPS) is 20.1. The molecule has 6 nitrogen and oxygen atoms in total.